The summed E-state index contributed by atoms with van der Waals surface area (Å²) in [5, 5.41) is 12.3. The first kappa shape index (κ1) is 14.6. The fourth-order valence-electron chi connectivity index (χ4n) is 2.55. The average molecular weight is 317 g/mol. The van der Waals surface area contributed by atoms with Crippen LogP contribution in [-0.2, 0) is 0 Å². The lowest BCUT2D eigenvalue weighted by molar-refractivity contribution is 0.628. The number of benzene rings is 1. The van der Waals surface area contributed by atoms with Crippen molar-refractivity contribution in [3.8, 4) is 6.07 Å². The summed E-state index contributed by atoms with van der Waals surface area (Å²) in [6.07, 6.45) is 2.51. The van der Waals surface area contributed by atoms with E-state index in [1.54, 1.807) is 30.5 Å². The smallest absolute Gasteiger partial charge is 0.141 e. The van der Waals surface area contributed by atoms with E-state index in [1.165, 1.54) is 6.07 Å². The van der Waals surface area contributed by atoms with E-state index in [0.29, 0.717) is 5.56 Å². The summed E-state index contributed by atoms with van der Waals surface area (Å²) in [5.41, 5.74) is 1.46. The van der Waals surface area contributed by atoms with Crippen LogP contribution in [0.15, 0.2) is 36.5 Å². The molecule has 1 aliphatic heterocycles. The Kier molecular flexibility index (Phi) is 4.12. The van der Waals surface area contributed by atoms with Gasteiger partial charge in [-0.05, 0) is 36.8 Å². The van der Waals surface area contributed by atoms with Gasteiger partial charge in [0.15, 0.2) is 0 Å². The summed E-state index contributed by atoms with van der Waals surface area (Å²) in [6.45, 7) is 1.67. The zero-order valence-corrected chi connectivity index (χ0v) is 12.5. The molecule has 2 aromatic rings. The number of halogens is 2. The molecule has 1 atom stereocenters. The standard InChI is InChI=1S/C16H14ClFN4/c17-14-7-13(2-3-15(14)18)22-6-5-12(10-22)21-16-4-1-11(8-19)9-20-16/h1-4,7,9,12H,5-6,10H2,(H,20,21). The van der Waals surface area contributed by atoms with Crippen molar-refractivity contribution in [2.75, 3.05) is 23.3 Å². The lowest BCUT2D eigenvalue weighted by Gasteiger charge is -2.19. The second-order valence-corrected chi connectivity index (χ2v) is 5.63. The summed E-state index contributed by atoms with van der Waals surface area (Å²) >= 11 is 5.83. The molecule has 4 nitrogen and oxygen atoms in total. The second-order valence-electron chi connectivity index (χ2n) is 5.22. The highest BCUT2D eigenvalue weighted by Gasteiger charge is 2.23. The summed E-state index contributed by atoms with van der Waals surface area (Å²) in [7, 11) is 0. The maximum atomic E-state index is 13.2. The maximum Gasteiger partial charge on any atom is 0.141 e. The molecule has 0 bridgehead atoms. The number of nitrogens with zero attached hydrogens (tertiary/aromatic N) is 3. The van der Waals surface area contributed by atoms with Gasteiger partial charge in [-0.15, -0.1) is 0 Å². The molecule has 22 heavy (non-hydrogen) atoms. The third kappa shape index (κ3) is 3.12. The van der Waals surface area contributed by atoms with Crippen LogP contribution in [0.5, 0.6) is 0 Å². The molecule has 0 spiro atoms. The first-order valence-corrected chi connectivity index (χ1v) is 7.36. The molecule has 1 aromatic heterocycles. The highest BCUT2D eigenvalue weighted by molar-refractivity contribution is 6.31. The van der Waals surface area contributed by atoms with Crippen LogP contribution in [-0.4, -0.2) is 24.1 Å². The molecule has 1 aliphatic rings. The van der Waals surface area contributed by atoms with Gasteiger partial charge in [0.05, 0.1) is 10.6 Å². The minimum Gasteiger partial charge on any atom is -0.369 e. The van der Waals surface area contributed by atoms with Crippen LogP contribution in [0.3, 0.4) is 0 Å². The predicted molar refractivity (Wildman–Crippen MR) is 84.6 cm³/mol. The van der Waals surface area contributed by atoms with Crippen LogP contribution in [0.2, 0.25) is 5.02 Å². The van der Waals surface area contributed by atoms with Gasteiger partial charge in [0.2, 0.25) is 0 Å². The lowest BCUT2D eigenvalue weighted by Crippen LogP contribution is -2.26. The fourth-order valence-corrected chi connectivity index (χ4v) is 2.72. The van der Waals surface area contributed by atoms with E-state index in [9.17, 15) is 4.39 Å². The van der Waals surface area contributed by atoms with Crippen LogP contribution in [0.25, 0.3) is 0 Å². The normalized spacial score (nSPS) is 17.3. The molecule has 1 unspecified atom stereocenters. The summed E-state index contributed by atoms with van der Waals surface area (Å²) < 4.78 is 13.2. The number of nitrogens with one attached hydrogen (secondary N) is 1. The van der Waals surface area contributed by atoms with Crippen molar-refractivity contribution >= 4 is 23.1 Å². The number of hydrogen-bond donors (Lipinski definition) is 1. The van der Waals surface area contributed by atoms with Crippen molar-refractivity contribution in [1.82, 2.24) is 4.98 Å². The molecule has 0 saturated carbocycles. The monoisotopic (exact) mass is 316 g/mol. The van der Waals surface area contributed by atoms with Gasteiger partial charge in [-0.2, -0.15) is 5.26 Å². The van der Waals surface area contributed by atoms with Crippen LogP contribution in [0, 0.1) is 17.1 Å². The van der Waals surface area contributed by atoms with Crippen molar-refractivity contribution < 1.29 is 4.39 Å². The molecule has 0 aliphatic carbocycles. The van der Waals surface area contributed by atoms with E-state index >= 15 is 0 Å². The largest absolute Gasteiger partial charge is 0.369 e. The number of hydrogen-bond acceptors (Lipinski definition) is 4. The van der Waals surface area contributed by atoms with Gasteiger partial charge in [0.25, 0.3) is 0 Å². The number of anilines is 2. The van der Waals surface area contributed by atoms with Crippen molar-refractivity contribution in [2.45, 2.75) is 12.5 Å². The van der Waals surface area contributed by atoms with E-state index in [0.717, 1.165) is 31.0 Å². The first-order chi connectivity index (χ1) is 10.7. The first-order valence-electron chi connectivity index (χ1n) is 6.98. The lowest BCUT2D eigenvalue weighted by atomic mass is 10.2. The second kappa shape index (κ2) is 6.20. The van der Waals surface area contributed by atoms with Crippen molar-refractivity contribution in [3.63, 3.8) is 0 Å². The third-order valence-corrected chi connectivity index (χ3v) is 3.99. The van der Waals surface area contributed by atoms with Crippen molar-refractivity contribution in [1.29, 1.82) is 5.26 Å². The molecule has 0 amide bonds. The maximum absolute atomic E-state index is 13.2. The molecular weight excluding hydrogens is 303 g/mol. The summed E-state index contributed by atoms with van der Waals surface area (Å²) in [5.74, 6) is 0.351. The van der Waals surface area contributed by atoms with Gasteiger partial charge in [0.1, 0.15) is 17.7 Å². The highest BCUT2D eigenvalue weighted by Crippen LogP contribution is 2.26. The van der Waals surface area contributed by atoms with E-state index < -0.39 is 5.82 Å². The molecule has 112 valence electrons. The van der Waals surface area contributed by atoms with E-state index in [2.05, 4.69) is 15.2 Å². The Balaban J connectivity index is 1.64. The van der Waals surface area contributed by atoms with Crippen LogP contribution in [0.4, 0.5) is 15.9 Å². The number of pyridine rings is 1. The van der Waals surface area contributed by atoms with Crippen molar-refractivity contribution in [2.24, 2.45) is 0 Å². The quantitative estimate of drug-likeness (QED) is 0.942. The predicted octanol–water partition coefficient (Wildman–Crippen LogP) is 3.44. The summed E-state index contributed by atoms with van der Waals surface area (Å²) in [4.78, 5) is 6.37. The molecule has 1 fully saturated rings. The Bertz CT molecular complexity index is 711. The van der Waals surface area contributed by atoms with E-state index in [1.807, 2.05) is 6.07 Å². The minimum absolute atomic E-state index is 0.141. The third-order valence-electron chi connectivity index (χ3n) is 3.70. The number of aromatic nitrogens is 1. The van der Waals surface area contributed by atoms with E-state index in [-0.39, 0.29) is 11.1 Å². The number of rotatable bonds is 3. The zero-order valence-electron chi connectivity index (χ0n) is 11.8. The molecule has 1 saturated heterocycles. The highest BCUT2D eigenvalue weighted by atomic mass is 35.5. The molecular formula is C16H14ClFN4. The Morgan fingerprint density at radius 3 is 2.91 bits per heavy atom. The Labute approximate surface area is 133 Å². The molecule has 0 radical (unpaired) electrons. The molecule has 6 heteroatoms. The number of nitriles is 1. The van der Waals surface area contributed by atoms with Crippen LogP contribution < -0.4 is 10.2 Å². The Hall–Kier alpha value is -2.32. The van der Waals surface area contributed by atoms with Gasteiger partial charge in [0, 0.05) is 31.0 Å². The topological polar surface area (TPSA) is 52.0 Å². The van der Waals surface area contributed by atoms with Gasteiger partial charge in [-0.3, -0.25) is 0 Å². The Morgan fingerprint density at radius 2 is 2.23 bits per heavy atom. The van der Waals surface area contributed by atoms with Crippen LogP contribution in [0.1, 0.15) is 12.0 Å². The van der Waals surface area contributed by atoms with Crippen molar-refractivity contribution in [3.05, 3.63) is 52.9 Å². The molecule has 2 heterocycles. The fraction of sp³-hybridized carbons (Fsp3) is 0.250. The molecule has 1 aromatic carbocycles. The average Bonchev–Trinajstić information content (AvgIpc) is 2.99. The summed E-state index contributed by atoms with van der Waals surface area (Å²) in [6, 6.07) is 10.6. The Morgan fingerprint density at radius 1 is 1.36 bits per heavy atom. The molecule has 1 N–H and O–H groups in total. The minimum atomic E-state index is -0.402. The van der Waals surface area contributed by atoms with Gasteiger partial charge < -0.3 is 10.2 Å². The SMILES string of the molecule is N#Cc1ccc(NC2CCN(c3ccc(F)c(Cl)c3)C2)nc1. The van der Waals surface area contributed by atoms with E-state index in [4.69, 9.17) is 16.9 Å². The zero-order chi connectivity index (χ0) is 15.5. The van der Waals surface area contributed by atoms with Crippen LogP contribution >= 0.6 is 11.6 Å². The van der Waals surface area contributed by atoms with Gasteiger partial charge in [-0.1, -0.05) is 11.6 Å². The van der Waals surface area contributed by atoms with Gasteiger partial charge in [-0.25, -0.2) is 9.37 Å². The van der Waals surface area contributed by atoms with Gasteiger partial charge >= 0.3 is 0 Å². The molecule has 3 rings (SSSR count).